The van der Waals surface area contributed by atoms with E-state index in [-0.39, 0.29) is 22.2 Å². The van der Waals surface area contributed by atoms with Crippen LogP contribution in [0.4, 0.5) is 5.69 Å². The number of nitro groups is 1. The standard InChI is InChI=1S/C19H20ClN3O3/c20-18-12-16(23(25)26)6-7-17(18)19(24)21-9-3-10-22-11-8-14-4-1-2-5-15(14)13-22/h1-2,4-7,12H,3,8-11,13H2,(H,21,24). The van der Waals surface area contributed by atoms with Crippen molar-refractivity contribution in [3.63, 3.8) is 0 Å². The Bertz CT molecular complexity index is 825. The SMILES string of the molecule is O=C(NCCCN1CCc2ccccc2C1)c1ccc([N+](=O)[O-])cc1Cl. The summed E-state index contributed by atoms with van der Waals surface area (Å²) < 4.78 is 0. The third kappa shape index (κ3) is 4.39. The van der Waals surface area contributed by atoms with E-state index in [0.29, 0.717) is 6.54 Å². The van der Waals surface area contributed by atoms with Gasteiger partial charge in [-0.05, 0) is 30.0 Å². The van der Waals surface area contributed by atoms with Gasteiger partial charge in [0.25, 0.3) is 11.6 Å². The van der Waals surface area contributed by atoms with Crippen LogP contribution in [0.25, 0.3) is 0 Å². The second kappa shape index (κ2) is 8.29. The summed E-state index contributed by atoms with van der Waals surface area (Å²) in [5, 5.41) is 13.6. The van der Waals surface area contributed by atoms with Gasteiger partial charge in [-0.15, -0.1) is 0 Å². The quantitative estimate of drug-likeness (QED) is 0.478. The first-order chi connectivity index (χ1) is 12.5. The Morgan fingerprint density at radius 2 is 2.00 bits per heavy atom. The fraction of sp³-hybridized carbons (Fsp3) is 0.316. The van der Waals surface area contributed by atoms with Crippen LogP contribution in [0, 0.1) is 10.1 Å². The average Bonchev–Trinajstić information content (AvgIpc) is 2.64. The summed E-state index contributed by atoms with van der Waals surface area (Å²) in [6.45, 7) is 3.41. The molecule has 26 heavy (non-hydrogen) atoms. The molecule has 1 heterocycles. The van der Waals surface area contributed by atoms with E-state index in [1.807, 2.05) is 0 Å². The number of hydrogen-bond acceptors (Lipinski definition) is 4. The van der Waals surface area contributed by atoms with Crippen LogP contribution in [0.3, 0.4) is 0 Å². The van der Waals surface area contributed by atoms with Gasteiger partial charge in [-0.25, -0.2) is 0 Å². The zero-order valence-corrected chi connectivity index (χ0v) is 15.0. The molecule has 0 spiro atoms. The molecule has 7 heteroatoms. The summed E-state index contributed by atoms with van der Waals surface area (Å²) in [5.74, 6) is -0.311. The van der Waals surface area contributed by atoms with Crippen LogP contribution in [0.1, 0.15) is 27.9 Å². The minimum absolute atomic E-state index is 0.0873. The Labute approximate surface area is 156 Å². The van der Waals surface area contributed by atoms with Crippen LogP contribution >= 0.6 is 11.6 Å². The number of halogens is 1. The first-order valence-electron chi connectivity index (χ1n) is 8.56. The molecule has 0 saturated carbocycles. The molecule has 6 nitrogen and oxygen atoms in total. The third-order valence-electron chi connectivity index (χ3n) is 4.55. The number of carbonyl (C=O) groups excluding carboxylic acids is 1. The van der Waals surface area contributed by atoms with Gasteiger partial charge in [-0.1, -0.05) is 35.9 Å². The fourth-order valence-corrected chi connectivity index (χ4v) is 3.41. The van der Waals surface area contributed by atoms with Crippen molar-refractivity contribution < 1.29 is 9.72 Å². The van der Waals surface area contributed by atoms with Gasteiger partial charge >= 0.3 is 0 Å². The van der Waals surface area contributed by atoms with Crippen LogP contribution in [0.5, 0.6) is 0 Å². The zero-order valence-electron chi connectivity index (χ0n) is 14.3. The highest BCUT2D eigenvalue weighted by atomic mass is 35.5. The molecule has 0 saturated heterocycles. The van der Waals surface area contributed by atoms with Gasteiger partial charge in [0, 0.05) is 38.3 Å². The Morgan fingerprint density at radius 1 is 1.23 bits per heavy atom. The summed E-state index contributed by atoms with van der Waals surface area (Å²) in [5.41, 5.74) is 2.92. The maximum Gasteiger partial charge on any atom is 0.270 e. The highest BCUT2D eigenvalue weighted by molar-refractivity contribution is 6.34. The Balaban J connectivity index is 1.45. The molecular weight excluding hydrogens is 354 g/mol. The number of rotatable bonds is 6. The van der Waals surface area contributed by atoms with E-state index in [2.05, 4.69) is 34.5 Å². The predicted octanol–water partition coefficient (Wildman–Crippen LogP) is 3.43. The molecule has 0 fully saturated rings. The van der Waals surface area contributed by atoms with Crippen LogP contribution in [-0.2, 0) is 13.0 Å². The van der Waals surface area contributed by atoms with Gasteiger partial charge in [-0.2, -0.15) is 0 Å². The minimum Gasteiger partial charge on any atom is -0.352 e. The molecule has 1 aliphatic heterocycles. The summed E-state index contributed by atoms with van der Waals surface area (Å²) in [4.78, 5) is 24.7. The van der Waals surface area contributed by atoms with Crippen LogP contribution < -0.4 is 5.32 Å². The van der Waals surface area contributed by atoms with Crippen molar-refractivity contribution in [2.24, 2.45) is 0 Å². The minimum atomic E-state index is -0.537. The van der Waals surface area contributed by atoms with E-state index in [4.69, 9.17) is 11.6 Å². The molecule has 0 atom stereocenters. The largest absolute Gasteiger partial charge is 0.352 e. The molecule has 136 valence electrons. The van der Waals surface area contributed by atoms with Gasteiger partial charge in [0.1, 0.15) is 0 Å². The Morgan fingerprint density at radius 3 is 2.73 bits per heavy atom. The maximum absolute atomic E-state index is 12.2. The lowest BCUT2D eigenvalue weighted by Gasteiger charge is -2.28. The summed E-state index contributed by atoms with van der Waals surface area (Å²) in [6, 6.07) is 12.4. The van der Waals surface area contributed by atoms with Crippen molar-refractivity contribution in [1.29, 1.82) is 0 Å². The molecule has 0 aromatic heterocycles. The number of nitrogens with zero attached hydrogens (tertiary/aromatic N) is 2. The number of fused-ring (bicyclic) bond motifs is 1. The summed E-state index contributed by atoms with van der Waals surface area (Å²) in [7, 11) is 0. The van der Waals surface area contributed by atoms with E-state index >= 15 is 0 Å². The molecule has 1 amide bonds. The lowest BCUT2D eigenvalue weighted by atomic mass is 10.00. The predicted molar refractivity (Wildman–Crippen MR) is 100 cm³/mol. The smallest absolute Gasteiger partial charge is 0.270 e. The molecule has 0 unspecified atom stereocenters. The lowest BCUT2D eigenvalue weighted by Crippen LogP contribution is -2.33. The van der Waals surface area contributed by atoms with E-state index < -0.39 is 4.92 Å². The molecule has 0 aliphatic carbocycles. The van der Waals surface area contributed by atoms with Crippen molar-refractivity contribution in [1.82, 2.24) is 10.2 Å². The first kappa shape index (κ1) is 18.4. The van der Waals surface area contributed by atoms with Crippen LogP contribution in [0.2, 0.25) is 5.02 Å². The highest BCUT2D eigenvalue weighted by Gasteiger charge is 2.16. The van der Waals surface area contributed by atoms with E-state index in [9.17, 15) is 14.9 Å². The van der Waals surface area contributed by atoms with Gasteiger partial charge in [0.2, 0.25) is 0 Å². The van der Waals surface area contributed by atoms with Gasteiger partial charge in [-0.3, -0.25) is 19.8 Å². The Kier molecular flexibility index (Phi) is 5.85. The molecule has 1 N–H and O–H groups in total. The topological polar surface area (TPSA) is 75.5 Å². The zero-order chi connectivity index (χ0) is 18.5. The number of hydrogen-bond donors (Lipinski definition) is 1. The molecule has 0 radical (unpaired) electrons. The Hall–Kier alpha value is -2.44. The summed E-state index contributed by atoms with van der Waals surface area (Å²) in [6.07, 6.45) is 1.89. The maximum atomic E-state index is 12.2. The van der Waals surface area contributed by atoms with Gasteiger partial charge in [0.05, 0.1) is 15.5 Å². The molecular formula is C19H20ClN3O3. The molecule has 2 aromatic rings. The first-order valence-corrected chi connectivity index (χ1v) is 8.93. The van der Waals surface area contributed by atoms with E-state index in [0.717, 1.165) is 32.5 Å². The molecule has 0 bridgehead atoms. The van der Waals surface area contributed by atoms with Crippen molar-refractivity contribution in [3.05, 3.63) is 74.3 Å². The van der Waals surface area contributed by atoms with Crippen LogP contribution in [-0.4, -0.2) is 35.4 Å². The number of benzene rings is 2. The lowest BCUT2D eigenvalue weighted by molar-refractivity contribution is -0.384. The van der Waals surface area contributed by atoms with Crippen molar-refractivity contribution in [2.75, 3.05) is 19.6 Å². The normalized spacial score (nSPS) is 13.9. The number of nitro benzene ring substituents is 1. The number of amides is 1. The van der Waals surface area contributed by atoms with E-state index in [1.165, 1.54) is 29.3 Å². The monoisotopic (exact) mass is 373 g/mol. The number of non-ortho nitro benzene ring substituents is 1. The fourth-order valence-electron chi connectivity index (χ4n) is 3.15. The van der Waals surface area contributed by atoms with Gasteiger partial charge in [0.15, 0.2) is 0 Å². The molecule has 1 aliphatic rings. The average molecular weight is 374 g/mol. The second-order valence-electron chi connectivity index (χ2n) is 6.33. The van der Waals surface area contributed by atoms with Crippen molar-refractivity contribution in [3.8, 4) is 0 Å². The summed E-state index contributed by atoms with van der Waals surface area (Å²) >= 11 is 5.98. The molecule has 2 aromatic carbocycles. The highest BCUT2D eigenvalue weighted by Crippen LogP contribution is 2.22. The second-order valence-corrected chi connectivity index (χ2v) is 6.73. The van der Waals surface area contributed by atoms with Crippen LogP contribution in [0.15, 0.2) is 42.5 Å². The number of nitrogens with one attached hydrogen (secondary N) is 1. The number of carbonyl (C=O) groups is 1. The van der Waals surface area contributed by atoms with Crippen molar-refractivity contribution in [2.45, 2.75) is 19.4 Å². The van der Waals surface area contributed by atoms with Crippen molar-refractivity contribution >= 4 is 23.2 Å². The van der Waals surface area contributed by atoms with E-state index in [1.54, 1.807) is 0 Å². The van der Waals surface area contributed by atoms with Gasteiger partial charge < -0.3 is 5.32 Å². The third-order valence-corrected chi connectivity index (χ3v) is 4.87. The molecule has 3 rings (SSSR count).